The highest BCUT2D eigenvalue weighted by Crippen LogP contribution is 2.24. The van der Waals surface area contributed by atoms with Crippen LogP contribution in [-0.4, -0.2) is 11.3 Å². The standard InChI is InChI=1S/C10H6F3NO/c11-10(12,13)15-8-5-7-3-1-2-4-9(7)14-6-8/h1-6H. The highest BCUT2D eigenvalue weighted by Gasteiger charge is 2.31. The molecule has 0 unspecified atom stereocenters. The molecule has 0 bridgehead atoms. The summed E-state index contributed by atoms with van der Waals surface area (Å²) >= 11 is 0. The number of benzene rings is 1. The SMILES string of the molecule is FC(F)(F)Oc1cnc2ccccc2c1. The van der Waals surface area contributed by atoms with Crippen molar-refractivity contribution in [3.63, 3.8) is 0 Å². The number of hydrogen-bond donors (Lipinski definition) is 0. The fraction of sp³-hybridized carbons (Fsp3) is 0.100. The van der Waals surface area contributed by atoms with Crippen LogP contribution in [-0.2, 0) is 0 Å². The third-order valence-corrected chi connectivity index (χ3v) is 1.80. The molecule has 0 radical (unpaired) electrons. The minimum absolute atomic E-state index is 0.304. The highest BCUT2D eigenvalue weighted by molar-refractivity contribution is 5.79. The van der Waals surface area contributed by atoms with E-state index in [0.29, 0.717) is 10.9 Å². The zero-order valence-corrected chi connectivity index (χ0v) is 7.45. The predicted molar refractivity (Wildman–Crippen MR) is 48.4 cm³/mol. The molecule has 2 aromatic rings. The largest absolute Gasteiger partial charge is 0.573 e. The van der Waals surface area contributed by atoms with Gasteiger partial charge in [0, 0.05) is 5.39 Å². The van der Waals surface area contributed by atoms with Crippen LogP contribution in [0.2, 0.25) is 0 Å². The summed E-state index contributed by atoms with van der Waals surface area (Å²) in [6.45, 7) is 0. The van der Waals surface area contributed by atoms with E-state index in [4.69, 9.17) is 0 Å². The molecule has 0 aliphatic heterocycles. The number of alkyl halides is 3. The van der Waals surface area contributed by atoms with E-state index in [2.05, 4.69) is 9.72 Å². The minimum atomic E-state index is -4.68. The monoisotopic (exact) mass is 213 g/mol. The molecule has 1 aromatic heterocycles. The molecule has 1 heterocycles. The van der Waals surface area contributed by atoms with Gasteiger partial charge in [0.1, 0.15) is 5.75 Å². The second-order valence-electron chi connectivity index (χ2n) is 2.91. The van der Waals surface area contributed by atoms with E-state index in [1.54, 1.807) is 24.3 Å². The van der Waals surface area contributed by atoms with Gasteiger partial charge in [-0.2, -0.15) is 0 Å². The molecule has 0 saturated carbocycles. The van der Waals surface area contributed by atoms with Crippen molar-refractivity contribution in [3.8, 4) is 5.75 Å². The van der Waals surface area contributed by atoms with Gasteiger partial charge in [0.05, 0.1) is 11.7 Å². The number of nitrogens with zero attached hydrogens (tertiary/aromatic N) is 1. The lowest BCUT2D eigenvalue weighted by atomic mass is 10.2. The first-order chi connectivity index (χ1) is 7.04. The van der Waals surface area contributed by atoms with Crippen LogP contribution in [0.25, 0.3) is 10.9 Å². The van der Waals surface area contributed by atoms with E-state index < -0.39 is 6.36 Å². The lowest BCUT2D eigenvalue weighted by Gasteiger charge is -2.08. The summed E-state index contributed by atoms with van der Waals surface area (Å²) in [5, 5.41) is 0.610. The molecule has 0 spiro atoms. The van der Waals surface area contributed by atoms with Crippen molar-refractivity contribution >= 4 is 10.9 Å². The first-order valence-electron chi connectivity index (χ1n) is 4.15. The summed E-state index contributed by atoms with van der Waals surface area (Å²) in [6.07, 6.45) is -3.63. The van der Waals surface area contributed by atoms with Gasteiger partial charge < -0.3 is 4.74 Å². The molecule has 2 rings (SSSR count). The van der Waals surface area contributed by atoms with Crippen LogP contribution in [0.1, 0.15) is 0 Å². The first-order valence-corrected chi connectivity index (χ1v) is 4.15. The normalized spacial score (nSPS) is 11.7. The number of aromatic nitrogens is 1. The van der Waals surface area contributed by atoms with Gasteiger partial charge >= 0.3 is 6.36 Å². The number of pyridine rings is 1. The van der Waals surface area contributed by atoms with Crippen LogP contribution in [0.3, 0.4) is 0 Å². The molecule has 0 aliphatic rings. The third-order valence-electron chi connectivity index (χ3n) is 1.80. The molecular weight excluding hydrogens is 207 g/mol. The van der Waals surface area contributed by atoms with E-state index in [1.807, 2.05) is 0 Å². The smallest absolute Gasteiger partial charge is 0.404 e. The Morgan fingerprint density at radius 1 is 1.13 bits per heavy atom. The lowest BCUT2D eigenvalue weighted by molar-refractivity contribution is -0.274. The maximum absolute atomic E-state index is 11.9. The molecule has 5 heteroatoms. The van der Waals surface area contributed by atoms with Gasteiger partial charge in [-0.3, -0.25) is 4.98 Å². The molecule has 0 fully saturated rings. The zero-order valence-electron chi connectivity index (χ0n) is 7.45. The molecule has 1 aromatic carbocycles. The molecule has 0 amide bonds. The molecule has 0 atom stereocenters. The van der Waals surface area contributed by atoms with Crippen molar-refractivity contribution < 1.29 is 17.9 Å². The summed E-state index contributed by atoms with van der Waals surface area (Å²) in [7, 11) is 0. The van der Waals surface area contributed by atoms with Crippen LogP contribution in [0.5, 0.6) is 5.75 Å². The van der Waals surface area contributed by atoms with Crippen molar-refractivity contribution in [2.45, 2.75) is 6.36 Å². The van der Waals surface area contributed by atoms with E-state index in [1.165, 1.54) is 6.07 Å². The number of fused-ring (bicyclic) bond motifs is 1. The highest BCUT2D eigenvalue weighted by atomic mass is 19.4. The average Bonchev–Trinajstić information content (AvgIpc) is 2.15. The van der Waals surface area contributed by atoms with Gasteiger partial charge in [0.25, 0.3) is 0 Å². The van der Waals surface area contributed by atoms with Crippen molar-refractivity contribution in [3.05, 3.63) is 36.5 Å². The van der Waals surface area contributed by atoms with E-state index in [0.717, 1.165) is 6.20 Å². The Balaban J connectivity index is 2.39. The van der Waals surface area contributed by atoms with Gasteiger partial charge in [-0.25, -0.2) is 0 Å². The number of ether oxygens (including phenoxy) is 1. The number of halogens is 3. The van der Waals surface area contributed by atoms with Gasteiger partial charge in [-0.1, -0.05) is 18.2 Å². The maximum atomic E-state index is 11.9. The Morgan fingerprint density at radius 2 is 1.87 bits per heavy atom. The van der Waals surface area contributed by atoms with Gasteiger partial charge in [0.15, 0.2) is 0 Å². The Labute approximate surface area is 83.3 Å². The van der Waals surface area contributed by atoms with Crippen LogP contribution in [0, 0.1) is 0 Å². The molecule has 2 nitrogen and oxygen atoms in total. The average molecular weight is 213 g/mol. The zero-order chi connectivity index (χ0) is 10.9. The molecule has 15 heavy (non-hydrogen) atoms. The second kappa shape index (κ2) is 3.42. The fourth-order valence-electron chi connectivity index (χ4n) is 1.24. The summed E-state index contributed by atoms with van der Waals surface area (Å²) in [5.74, 6) is -0.304. The Morgan fingerprint density at radius 3 is 2.60 bits per heavy atom. The minimum Gasteiger partial charge on any atom is -0.404 e. The lowest BCUT2D eigenvalue weighted by Crippen LogP contribution is -2.17. The Bertz CT molecular complexity index is 481. The van der Waals surface area contributed by atoms with Crippen LogP contribution in [0.15, 0.2) is 36.5 Å². The van der Waals surface area contributed by atoms with Crippen molar-refractivity contribution in [1.82, 2.24) is 4.98 Å². The summed E-state index contributed by atoms with van der Waals surface area (Å²) in [6, 6.07) is 8.18. The topological polar surface area (TPSA) is 22.1 Å². The summed E-state index contributed by atoms with van der Waals surface area (Å²) in [5.41, 5.74) is 0.632. The summed E-state index contributed by atoms with van der Waals surface area (Å²) in [4.78, 5) is 3.84. The van der Waals surface area contributed by atoms with Crippen LogP contribution >= 0.6 is 0 Å². The molecule has 0 N–H and O–H groups in total. The van der Waals surface area contributed by atoms with E-state index in [9.17, 15) is 13.2 Å². The summed E-state index contributed by atoms with van der Waals surface area (Å²) < 4.78 is 39.4. The van der Waals surface area contributed by atoms with Crippen LogP contribution in [0.4, 0.5) is 13.2 Å². The van der Waals surface area contributed by atoms with Gasteiger partial charge in [-0.05, 0) is 12.1 Å². The predicted octanol–water partition coefficient (Wildman–Crippen LogP) is 3.13. The maximum Gasteiger partial charge on any atom is 0.573 e. The molecule has 0 aliphatic carbocycles. The Hall–Kier alpha value is -1.78. The number of para-hydroxylation sites is 1. The number of rotatable bonds is 1. The van der Waals surface area contributed by atoms with Gasteiger partial charge in [-0.15, -0.1) is 13.2 Å². The van der Waals surface area contributed by atoms with E-state index in [-0.39, 0.29) is 5.75 Å². The Kier molecular flexibility index (Phi) is 2.22. The first kappa shape index (κ1) is 9.76. The molecular formula is C10H6F3NO. The fourth-order valence-corrected chi connectivity index (χ4v) is 1.24. The van der Waals surface area contributed by atoms with Crippen molar-refractivity contribution in [2.24, 2.45) is 0 Å². The van der Waals surface area contributed by atoms with Gasteiger partial charge in [0.2, 0.25) is 0 Å². The van der Waals surface area contributed by atoms with Crippen molar-refractivity contribution in [2.75, 3.05) is 0 Å². The third kappa shape index (κ3) is 2.37. The number of hydrogen-bond acceptors (Lipinski definition) is 2. The second-order valence-corrected chi connectivity index (χ2v) is 2.91. The quantitative estimate of drug-likeness (QED) is 0.726. The molecule has 0 saturated heterocycles. The van der Waals surface area contributed by atoms with Crippen LogP contribution < -0.4 is 4.74 Å². The molecule has 78 valence electrons. The van der Waals surface area contributed by atoms with E-state index >= 15 is 0 Å². The van der Waals surface area contributed by atoms with Crippen molar-refractivity contribution in [1.29, 1.82) is 0 Å².